The molecule has 0 bridgehead atoms. The van der Waals surface area contributed by atoms with E-state index in [2.05, 4.69) is 62.4 Å². The molecule has 0 atom stereocenters. The second-order valence-corrected chi connectivity index (χ2v) is 5.57. The Bertz CT molecular complexity index is 568. The topological polar surface area (TPSA) is 52.0 Å². The van der Waals surface area contributed by atoms with Gasteiger partial charge in [0.25, 0.3) is 0 Å². The lowest BCUT2D eigenvalue weighted by Gasteiger charge is -2.23. The zero-order chi connectivity index (χ0) is 13.9. The molecule has 0 unspecified atom stereocenters. The van der Waals surface area contributed by atoms with Gasteiger partial charge in [0, 0.05) is 18.5 Å². The highest BCUT2D eigenvalue weighted by molar-refractivity contribution is 5.85. The minimum absolute atomic E-state index is 0. The zero-order valence-corrected chi connectivity index (χ0v) is 14.1. The minimum atomic E-state index is 0. The van der Waals surface area contributed by atoms with Crippen molar-refractivity contribution in [1.82, 2.24) is 0 Å². The van der Waals surface area contributed by atoms with Gasteiger partial charge < -0.3 is 11.5 Å². The third-order valence-corrected chi connectivity index (χ3v) is 3.65. The summed E-state index contributed by atoms with van der Waals surface area (Å²) in [5, 5.41) is 0. The first-order valence-electron chi connectivity index (χ1n) is 6.67. The Morgan fingerprint density at radius 3 is 2.00 bits per heavy atom. The van der Waals surface area contributed by atoms with Crippen LogP contribution in [0, 0.1) is 0 Å². The molecule has 4 N–H and O–H groups in total. The monoisotopic (exact) mass is 326 g/mol. The number of rotatable bonds is 4. The molecular formula is C17H24Cl2N2. The van der Waals surface area contributed by atoms with Crippen LogP contribution in [0.15, 0.2) is 48.5 Å². The normalized spacial score (nSPS) is 10.5. The standard InChI is InChI=1S/C17H22N2.2ClH/c1-17(2,12-19)16-8-4-7-15(10-16)14-6-3-5-13(9-14)11-18;;/h3-10H,11-12,18-19H2,1-2H3;2*1H. The molecule has 0 aromatic heterocycles. The summed E-state index contributed by atoms with van der Waals surface area (Å²) in [6.45, 7) is 5.55. The van der Waals surface area contributed by atoms with E-state index >= 15 is 0 Å². The lowest BCUT2D eigenvalue weighted by molar-refractivity contribution is 0.539. The Hall–Kier alpha value is -1.06. The Labute approximate surface area is 139 Å². The number of benzene rings is 2. The van der Waals surface area contributed by atoms with E-state index in [0.29, 0.717) is 13.1 Å². The van der Waals surface area contributed by atoms with E-state index in [9.17, 15) is 0 Å². The summed E-state index contributed by atoms with van der Waals surface area (Å²) in [5.41, 5.74) is 16.4. The summed E-state index contributed by atoms with van der Waals surface area (Å²) >= 11 is 0. The van der Waals surface area contributed by atoms with Crippen LogP contribution in [0.1, 0.15) is 25.0 Å². The van der Waals surface area contributed by atoms with Gasteiger partial charge in [-0.1, -0.05) is 56.3 Å². The van der Waals surface area contributed by atoms with Gasteiger partial charge in [0.1, 0.15) is 0 Å². The fourth-order valence-corrected chi connectivity index (χ4v) is 2.12. The Morgan fingerprint density at radius 2 is 1.43 bits per heavy atom. The fourth-order valence-electron chi connectivity index (χ4n) is 2.12. The van der Waals surface area contributed by atoms with Crippen LogP contribution in [-0.2, 0) is 12.0 Å². The second kappa shape index (κ2) is 8.40. The molecule has 2 aromatic carbocycles. The van der Waals surface area contributed by atoms with Crippen LogP contribution < -0.4 is 11.5 Å². The molecule has 4 heteroatoms. The molecule has 21 heavy (non-hydrogen) atoms. The largest absolute Gasteiger partial charge is 0.330 e. The first-order valence-corrected chi connectivity index (χ1v) is 6.67. The summed E-state index contributed by atoms with van der Waals surface area (Å²) in [5.74, 6) is 0. The van der Waals surface area contributed by atoms with Crippen LogP contribution in [0.2, 0.25) is 0 Å². The van der Waals surface area contributed by atoms with E-state index in [1.165, 1.54) is 16.7 Å². The van der Waals surface area contributed by atoms with E-state index in [0.717, 1.165) is 5.56 Å². The van der Waals surface area contributed by atoms with Gasteiger partial charge >= 0.3 is 0 Å². The average Bonchev–Trinajstić information content (AvgIpc) is 2.47. The number of halogens is 2. The summed E-state index contributed by atoms with van der Waals surface area (Å²) in [4.78, 5) is 0. The Morgan fingerprint density at radius 1 is 0.857 bits per heavy atom. The molecule has 2 rings (SSSR count). The van der Waals surface area contributed by atoms with Crippen molar-refractivity contribution in [2.45, 2.75) is 25.8 Å². The summed E-state index contributed by atoms with van der Waals surface area (Å²) < 4.78 is 0. The molecule has 0 spiro atoms. The van der Waals surface area contributed by atoms with Gasteiger partial charge in [-0.2, -0.15) is 0 Å². The molecule has 0 amide bonds. The smallest absolute Gasteiger partial charge is 0.0178 e. The molecule has 116 valence electrons. The maximum atomic E-state index is 5.86. The third-order valence-electron chi connectivity index (χ3n) is 3.65. The van der Waals surface area contributed by atoms with E-state index in [4.69, 9.17) is 11.5 Å². The van der Waals surface area contributed by atoms with Crippen LogP contribution in [-0.4, -0.2) is 6.54 Å². The SMILES string of the molecule is CC(C)(CN)c1cccc(-c2cccc(CN)c2)c1.Cl.Cl. The molecule has 0 saturated heterocycles. The quantitative estimate of drug-likeness (QED) is 0.895. The van der Waals surface area contributed by atoms with E-state index in [1.54, 1.807) is 0 Å². The van der Waals surface area contributed by atoms with E-state index in [-0.39, 0.29) is 30.2 Å². The lowest BCUT2D eigenvalue weighted by atomic mass is 9.83. The van der Waals surface area contributed by atoms with Crippen LogP contribution in [0.5, 0.6) is 0 Å². The Kier molecular flexibility index (Phi) is 7.98. The lowest BCUT2D eigenvalue weighted by Crippen LogP contribution is -2.27. The van der Waals surface area contributed by atoms with Crippen molar-refractivity contribution in [2.24, 2.45) is 11.5 Å². The fraction of sp³-hybridized carbons (Fsp3) is 0.294. The molecule has 2 nitrogen and oxygen atoms in total. The number of nitrogens with two attached hydrogens (primary N) is 2. The van der Waals surface area contributed by atoms with Crippen LogP contribution in [0.3, 0.4) is 0 Å². The first kappa shape index (κ1) is 19.9. The molecule has 0 saturated carbocycles. The summed E-state index contributed by atoms with van der Waals surface area (Å²) in [7, 11) is 0. The summed E-state index contributed by atoms with van der Waals surface area (Å²) in [6.07, 6.45) is 0. The highest BCUT2D eigenvalue weighted by Gasteiger charge is 2.18. The van der Waals surface area contributed by atoms with Crippen molar-refractivity contribution in [3.05, 3.63) is 59.7 Å². The van der Waals surface area contributed by atoms with Gasteiger partial charge in [-0.05, 0) is 28.3 Å². The van der Waals surface area contributed by atoms with Crippen molar-refractivity contribution in [1.29, 1.82) is 0 Å². The average molecular weight is 327 g/mol. The van der Waals surface area contributed by atoms with Gasteiger partial charge in [-0.15, -0.1) is 24.8 Å². The highest BCUT2D eigenvalue weighted by atomic mass is 35.5. The van der Waals surface area contributed by atoms with E-state index < -0.39 is 0 Å². The molecule has 0 aliphatic carbocycles. The molecule has 0 fully saturated rings. The second-order valence-electron chi connectivity index (χ2n) is 5.57. The third kappa shape index (κ3) is 4.72. The van der Waals surface area contributed by atoms with Crippen LogP contribution >= 0.6 is 24.8 Å². The Balaban J connectivity index is 0.00000200. The molecule has 0 radical (unpaired) electrons. The minimum Gasteiger partial charge on any atom is -0.330 e. The number of hydrogen-bond acceptors (Lipinski definition) is 2. The van der Waals surface area contributed by atoms with Gasteiger partial charge in [-0.25, -0.2) is 0 Å². The predicted molar refractivity (Wildman–Crippen MR) is 96.3 cm³/mol. The summed E-state index contributed by atoms with van der Waals surface area (Å²) in [6, 6.07) is 17.0. The van der Waals surface area contributed by atoms with Crippen molar-refractivity contribution in [3.8, 4) is 11.1 Å². The maximum absolute atomic E-state index is 5.86. The van der Waals surface area contributed by atoms with Gasteiger partial charge in [0.2, 0.25) is 0 Å². The molecule has 0 aliphatic heterocycles. The van der Waals surface area contributed by atoms with Gasteiger partial charge in [-0.3, -0.25) is 0 Å². The molecule has 2 aromatic rings. The van der Waals surface area contributed by atoms with Crippen molar-refractivity contribution in [3.63, 3.8) is 0 Å². The maximum Gasteiger partial charge on any atom is 0.0178 e. The van der Waals surface area contributed by atoms with Gasteiger partial charge in [0.15, 0.2) is 0 Å². The van der Waals surface area contributed by atoms with Crippen LogP contribution in [0.25, 0.3) is 11.1 Å². The first-order chi connectivity index (χ1) is 9.06. The zero-order valence-electron chi connectivity index (χ0n) is 12.5. The van der Waals surface area contributed by atoms with Crippen molar-refractivity contribution < 1.29 is 0 Å². The van der Waals surface area contributed by atoms with Gasteiger partial charge in [0.05, 0.1) is 0 Å². The van der Waals surface area contributed by atoms with E-state index in [1.807, 2.05) is 0 Å². The van der Waals surface area contributed by atoms with Crippen molar-refractivity contribution in [2.75, 3.05) is 6.54 Å². The highest BCUT2D eigenvalue weighted by Crippen LogP contribution is 2.27. The molecule has 0 heterocycles. The number of hydrogen-bond donors (Lipinski definition) is 2. The van der Waals surface area contributed by atoms with Crippen LogP contribution in [0.4, 0.5) is 0 Å². The predicted octanol–water partition coefficient (Wildman–Crippen LogP) is 3.89. The molecular weight excluding hydrogens is 303 g/mol. The molecule has 0 aliphatic rings. The van der Waals surface area contributed by atoms with Crippen molar-refractivity contribution >= 4 is 24.8 Å².